The molecule has 1 atom stereocenters. The molecule has 0 unspecified atom stereocenters. The van der Waals surface area contributed by atoms with Crippen LogP contribution in [0.2, 0.25) is 0 Å². The molecule has 2 fully saturated rings. The lowest BCUT2D eigenvalue weighted by molar-refractivity contribution is 0.131. The van der Waals surface area contributed by atoms with E-state index in [-0.39, 0.29) is 11.2 Å². The van der Waals surface area contributed by atoms with Crippen LogP contribution in [0.25, 0.3) is 0 Å². The normalized spacial score (nSPS) is 37.2. The largest absolute Gasteiger partial charge is 0.357 e. The molecule has 0 saturated carbocycles. The van der Waals surface area contributed by atoms with Gasteiger partial charge in [-0.25, -0.2) is 0 Å². The maximum Gasteiger partial charge on any atom is 0.170 e. The molecule has 74 valence electrons. The Morgan fingerprint density at radius 3 is 2.77 bits per heavy atom. The zero-order valence-corrected chi connectivity index (χ0v) is 9.29. The summed E-state index contributed by atoms with van der Waals surface area (Å²) in [6.07, 6.45) is 1.08. The highest BCUT2D eigenvalue weighted by Crippen LogP contribution is 2.31. The van der Waals surface area contributed by atoms with Gasteiger partial charge in [-0.3, -0.25) is 5.32 Å². The monoisotopic (exact) mass is 199 g/mol. The predicted molar refractivity (Wildman–Crippen MR) is 57.5 cm³/mol. The van der Waals surface area contributed by atoms with Crippen molar-refractivity contribution < 1.29 is 0 Å². The maximum atomic E-state index is 5.34. The lowest BCUT2D eigenvalue weighted by Gasteiger charge is -2.48. The first kappa shape index (κ1) is 9.21. The highest BCUT2D eigenvalue weighted by molar-refractivity contribution is 7.80. The summed E-state index contributed by atoms with van der Waals surface area (Å²) in [6, 6.07) is 0. The Hall–Kier alpha value is -0.350. The lowest BCUT2D eigenvalue weighted by Crippen LogP contribution is -2.66. The van der Waals surface area contributed by atoms with Gasteiger partial charge in [0.15, 0.2) is 5.11 Å². The van der Waals surface area contributed by atoms with Crippen molar-refractivity contribution >= 4 is 17.3 Å². The fraction of sp³-hybridized carbons (Fsp3) is 0.889. The summed E-state index contributed by atoms with van der Waals surface area (Å²) in [4.78, 5) is 2.26. The number of nitrogens with zero attached hydrogens (tertiary/aromatic N) is 1. The van der Waals surface area contributed by atoms with Gasteiger partial charge in [-0.15, -0.1) is 0 Å². The standard InChI is InChI=1S/C9H17N3S/c1-8(2)6-9(3)10-4-5-12(9)7(13)11-8/h10H,4-6H2,1-3H3,(H,11,13)/t9-/m1/s1. The van der Waals surface area contributed by atoms with Gasteiger partial charge in [0.25, 0.3) is 0 Å². The number of hydrogen-bond donors (Lipinski definition) is 2. The Balaban J connectivity index is 2.27. The van der Waals surface area contributed by atoms with Gasteiger partial charge in [0.1, 0.15) is 0 Å². The van der Waals surface area contributed by atoms with E-state index in [4.69, 9.17) is 12.2 Å². The van der Waals surface area contributed by atoms with E-state index in [0.717, 1.165) is 24.6 Å². The number of fused-ring (bicyclic) bond motifs is 1. The molecule has 0 radical (unpaired) electrons. The number of hydrogen-bond acceptors (Lipinski definition) is 2. The van der Waals surface area contributed by atoms with E-state index >= 15 is 0 Å². The van der Waals surface area contributed by atoms with E-state index in [0.29, 0.717) is 0 Å². The SMILES string of the molecule is CC1(C)C[C@]2(C)NCCN2C(=S)N1. The van der Waals surface area contributed by atoms with Crippen LogP contribution in [0.15, 0.2) is 0 Å². The Morgan fingerprint density at radius 1 is 1.38 bits per heavy atom. The van der Waals surface area contributed by atoms with E-state index in [9.17, 15) is 0 Å². The molecule has 13 heavy (non-hydrogen) atoms. The average molecular weight is 199 g/mol. The Morgan fingerprint density at radius 2 is 2.08 bits per heavy atom. The topological polar surface area (TPSA) is 27.3 Å². The summed E-state index contributed by atoms with van der Waals surface area (Å²) in [5.74, 6) is 0. The molecule has 0 spiro atoms. The molecule has 0 amide bonds. The lowest BCUT2D eigenvalue weighted by atomic mass is 9.89. The first-order valence-electron chi connectivity index (χ1n) is 4.78. The fourth-order valence-corrected chi connectivity index (χ4v) is 3.09. The highest BCUT2D eigenvalue weighted by Gasteiger charge is 2.46. The van der Waals surface area contributed by atoms with Gasteiger partial charge in [-0.2, -0.15) is 0 Å². The van der Waals surface area contributed by atoms with Gasteiger partial charge in [0, 0.05) is 25.0 Å². The first-order valence-corrected chi connectivity index (χ1v) is 5.19. The Labute approximate surface area is 84.9 Å². The number of rotatable bonds is 0. The van der Waals surface area contributed by atoms with E-state index in [1.807, 2.05) is 0 Å². The van der Waals surface area contributed by atoms with Crippen molar-refractivity contribution in [2.45, 2.75) is 38.4 Å². The molecule has 0 aromatic carbocycles. The number of nitrogens with one attached hydrogen (secondary N) is 2. The van der Waals surface area contributed by atoms with E-state index < -0.39 is 0 Å². The predicted octanol–water partition coefficient (Wildman–Crippen LogP) is 0.665. The van der Waals surface area contributed by atoms with Gasteiger partial charge in [-0.1, -0.05) is 0 Å². The molecule has 2 aliphatic heterocycles. The first-order chi connectivity index (χ1) is 5.93. The zero-order chi connectivity index (χ0) is 9.69. The van der Waals surface area contributed by atoms with Crippen molar-refractivity contribution in [1.29, 1.82) is 0 Å². The van der Waals surface area contributed by atoms with Crippen LogP contribution < -0.4 is 10.6 Å². The van der Waals surface area contributed by atoms with E-state index in [1.54, 1.807) is 0 Å². The summed E-state index contributed by atoms with van der Waals surface area (Å²) >= 11 is 5.34. The second kappa shape index (κ2) is 2.58. The van der Waals surface area contributed by atoms with Crippen LogP contribution in [0.5, 0.6) is 0 Å². The number of thiocarbonyl (C=S) groups is 1. The average Bonchev–Trinajstić information content (AvgIpc) is 2.26. The van der Waals surface area contributed by atoms with Gasteiger partial charge in [0.05, 0.1) is 5.66 Å². The van der Waals surface area contributed by atoms with Gasteiger partial charge >= 0.3 is 0 Å². The quantitative estimate of drug-likeness (QED) is 0.561. The molecule has 2 rings (SSSR count). The third-order valence-electron chi connectivity index (χ3n) is 2.91. The smallest absolute Gasteiger partial charge is 0.170 e. The zero-order valence-electron chi connectivity index (χ0n) is 8.48. The molecule has 4 heteroatoms. The summed E-state index contributed by atoms with van der Waals surface area (Å²) in [5.41, 5.74) is 0.186. The molecule has 0 bridgehead atoms. The summed E-state index contributed by atoms with van der Waals surface area (Å²) in [5, 5.41) is 7.78. The molecule has 2 heterocycles. The van der Waals surface area contributed by atoms with Crippen molar-refractivity contribution in [3.05, 3.63) is 0 Å². The molecular weight excluding hydrogens is 182 g/mol. The van der Waals surface area contributed by atoms with Crippen LogP contribution in [0.4, 0.5) is 0 Å². The second-order valence-electron chi connectivity index (χ2n) is 4.84. The second-order valence-corrected chi connectivity index (χ2v) is 5.23. The molecule has 0 aliphatic carbocycles. The summed E-state index contributed by atoms with van der Waals surface area (Å²) < 4.78 is 0. The molecule has 0 aromatic rings. The van der Waals surface area contributed by atoms with Crippen molar-refractivity contribution in [1.82, 2.24) is 15.5 Å². The van der Waals surface area contributed by atoms with Gasteiger partial charge < -0.3 is 10.2 Å². The van der Waals surface area contributed by atoms with Crippen LogP contribution in [0.1, 0.15) is 27.2 Å². The minimum atomic E-state index is 0.0752. The third kappa shape index (κ3) is 1.42. The fourth-order valence-electron chi connectivity index (χ4n) is 2.52. The van der Waals surface area contributed by atoms with Gasteiger partial charge in [0.2, 0.25) is 0 Å². The van der Waals surface area contributed by atoms with Crippen molar-refractivity contribution in [3.63, 3.8) is 0 Å². The molecule has 2 N–H and O–H groups in total. The van der Waals surface area contributed by atoms with Crippen LogP contribution in [-0.2, 0) is 0 Å². The molecule has 3 nitrogen and oxygen atoms in total. The minimum Gasteiger partial charge on any atom is -0.357 e. The summed E-state index contributed by atoms with van der Waals surface area (Å²) in [6.45, 7) is 8.69. The van der Waals surface area contributed by atoms with E-state index in [1.165, 1.54) is 0 Å². The molecule has 2 aliphatic rings. The van der Waals surface area contributed by atoms with Crippen LogP contribution >= 0.6 is 12.2 Å². The van der Waals surface area contributed by atoms with Gasteiger partial charge in [-0.05, 0) is 33.0 Å². The van der Waals surface area contributed by atoms with E-state index in [2.05, 4.69) is 36.3 Å². The van der Waals surface area contributed by atoms with Crippen LogP contribution in [-0.4, -0.2) is 34.3 Å². The van der Waals surface area contributed by atoms with Crippen molar-refractivity contribution in [2.75, 3.05) is 13.1 Å². The highest BCUT2D eigenvalue weighted by atomic mass is 32.1. The Bertz CT molecular complexity index is 251. The summed E-state index contributed by atoms with van der Waals surface area (Å²) in [7, 11) is 0. The maximum absolute atomic E-state index is 5.34. The molecule has 0 aromatic heterocycles. The van der Waals surface area contributed by atoms with Crippen LogP contribution in [0, 0.1) is 0 Å². The molecule has 2 saturated heterocycles. The van der Waals surface area contributed by atoms with Crippen LogP contribution in [0.3, 0.4) is 0 Å². The minimum absolute atomic E-state index is 0.0752. The van der Waals surface area contributed by atoms with Crippen molar-refractivity contribution in [2.24, 2.45) is 0 Å². The van der Waals surface area contributed by atoms with Crippen molar-refractivity contribution in [3.8, 4) is 0 Å². The Kier molecular flexibility index (Phi) is 1.83. The third-order valence-corrected chi connectivity index (χ3v) is 3.24. The molecular formula is C9H17N3S.